The van der Waals surface area contributed by atoms with Gasteiger partial charge >= 0.3 is 0 Å². The van der Waals surface area contributed by atoms with Crippen LogP contribution >= 0.6 is 11.6 Å². The van der Waals surface area contributed by atoms with Gasteiger partial charge in [0.15, 0.2) is 0 Å². The first-order chi connectivity index (χ1) is 21.1. The van der Waals surface area contributed by atoms with Crippen LogP contribution in [0, 0.1) is 30.6 Å². The Morgan fingerprint density at radius 3 is 1.74 bits per heavy atom. The first-order valence-corrected chi connectivity index (χ1v) is 16.4. The summed E-state index contributed by atoms with van der Waals surface area (Å²) in [5, 5.41) is 0.875. The predicted octanol–water partition coefficient (Wildman–Crippen LogP) is 11.5. The zero-order chi connectivity index (χ0) is 28.7. The average Bonchev–Trinajstić information content (AvgIpc) is 3.30. The molecule has 43 heavy (non-hydrogen) atoms. The van der Waals surface area contributed by atoms with Crippen molar-refractivity contribution in [3.05, 3.63) is 137 Å². The second-order valence-electron chi connectivity index (χ2n) is 13.7. The molecular formula is C41H36ClN. The summed E-state index contributed by atoms with van der Waals surface area (Å²) in [5.41, 5.74) is 13.3. The summed E-state index contributed by atoms with van der Waals surface area (Å²) in [6.07, 6.45) is 6.92. The minimum absolute atomic E-state index is 0.0785. The van der Waals surface area contributed by atoms with Gasteiger partial charge in [-0.05, 0) is 145 Å². The second-order valence-corrected chi connectivity index (χ2v) is 14.1. The van der Waals surface area contributed by atoms with E-state index in [2.05, 4.69) is 127 Å². The van der Waals surface area contributed by atoms with Crippen LogP contribution in [0.1, 0.15) is 48.8 Å². The highest BCUT2D eigenvalue weighted by atomic mass is 35.5. The third-order valence-corrected chi connectivity index (χ3v) is 11.6. The number of halogens is 1. The van der Waals surface area contributed by atoms with Crippen molar-refractivity contribution in [1.29, 1.82) is 0 Å². The number of benzene rings is 5. The number of anilines is 3. The first-order valence-electron chi connectivity index (χ1n) is 16.0. The van der Waals surface area contributed by atoms with Gasteiger partial charge in [-0.25, -0.2) is 0 Å². The molecule has 4 fully saturated rings. The highest BCUT2D eigenvalue weighted by Gasteiger charge is 2.61. The van der Waals surface area contributed by atoms with Gasteiger partial charge in [0.1, 0.15) is 0 Å². The monoisotopic (exact) mass is 577 g/mol. The van der Waals surface area contributed by atoms with Crippen molar-refractivity contribution < 1.29 is 0 Å². The molecule has 0 aromatic heterocycles. The van der Waals surface area contributed by atoms with Crippen molar-refractivity contribution in [2.75, 3.05) is 4.90 Å². The molecular weight excluding hydrogens is 542 g/mol. The summed E-state index contributed by atoms with van der Waals surface area (Å²) in [6, 6.07) is 42.8. The lowest BCUT2D eigenvalue weighted by Crippen LogP contribution is -2.55. The maximum absolute atomic E-state index is 6.77. The molecule has 0 saturated heterocycles. The molecule has 5 aliphatic carbocycles. The van der Waals surface area contributed by atoms with Gasteiger partial charge in [0, 0.05) is 27.5 Å². The highest BCUT2D eigenvalue weighted by molar-refractivity contribution is 6.30. The predicted molar refractivity (Wildman–Crippen MR) is 180 cm³/mol. The minimum Gasteiger partial charge on any atom is -0.310 e. The molecule has 10 rings (SSSR count). The maximum atomic E-state index is 6.77. The van der Waals surface area contributed by atoms with Gasteiger partial charge in [0.2, 0.25) is 0 Å². The van der Waals surface area contributed by atoms with Crippen molar-refractivity contribution in [2.45, 2.75) is 44.4 Å². The quantitative estimate of drug-likeness (QED) is 0.205. The molecule has 5 aliphatic rings. The molecule has 4 bridgehead atoms. The lowest BCUT2D eigenvalue weighted by molar-refractivity contribution is -0.0399. The topological polar surface area (TPSA) is 3.24 Å². The van der Waals surface area contributed by atoms with E-state index in [1.54, 1.807) is 5.56 Å². The van der Waals surface area contributed by atoms with Crippen LogP contribution in [0.5, 0.6) is 0 Å². The number of nitrogens with zero attached hydrogens (tertiary/aromatic N) is 1. The van der Waals surface area contributed by atoms with E-state index in [0.717, 1.165) is 16.9 Å². The summed E-state index contributed by atoms with van der Waals surface area (Å²) in [5.74, 6) is 3.23. The van der Waals surface area contributed by atoms with Crippen LogP contribution in [0.3, 0.4) is 0 Å². The second kappa shape index (κ2) is 9.60. The molecule has 0 aliphatic heterocycles. The Balaban J connectivity index is 1.22. The molecule has 0 N–H and O–H groups in total. The van der Waals surface area contributed by atoms with Gasteiger partial charge in [-0.1, -0.05) is 83.9 Å². The van der Waals surface area contributed by atoms with Crippen molar-refractivity contribution in [3.8, 4) is 22.3 Å². The van der Waals surface area contributed by atoms with Gasteiger partial charge in [0.05, 0.1) is 0 Å². The van der Waals surface area contributed by atoms with Crippen molar-refractivity contribution >= 4 is 28.7 Å². The Hall–Kier alpha value is -3.81. The van der Waals surface area contributed by atoms with E-state index in [4.69, 9.17) is 11.6 Å². The van der Waals surface area contributed by atoms with E-state index in [-0.39, 0.29) is 5.41 Å². The van der Waals surface area contributed by atoms with E-state index in [0.29, 0.717) is 11.8 Å². The largest absolute Gasteiger partial charge is 0.310 e. The van der Waals surface area contributed by atoms with E-state index >= 15 is 0 Å². The first kappa shape index (κ1) is 25.7. The van der Waals surface area contributed by atoms with Crippen LogP contribution in [-0.4, -0.2) is 0 Å². The van der Waals surface area contributed by atoms with Crippen molar-refractivity contribution in [1.82, 2.24) is 0 Å². The van der Waals surface area contributed by atoms with Crippen LogP contribution in [-0.2, 0) is 5.41 Å². The standard InChI is InChI=1S/C41H36ClN/c1-26-7-12-34(13-8-26)43(35-14-9-30(10-15-35)29-5-3-2-4-6-29)36-16-18-38-37-17-11-33(42)24-39(37)41(40(38)25-36)31-20-27-19-28(22-31)23-32(41)21-27/h2-18,24-25,27-28,31-32H,19-23H2,1H3. The lowest BCUT2D eigenvalue weighted by Gasteiger charge is -2.61. The third kappa shape index (κ3) is 3.84. The molecule has 5 aromatic rings. The summed E-state index contributed by atoms with van der Waals surface area (Å²) in [6.45, 7) is 2.16. The maximum Gasteiger partial charge on any atom is 0.0465 e. The van der Waals surface area contributed by atoms with Gasteiger partial charge < -0.3 is 4.90 Å². The molecule has 0 heterocycles. The van der Waals surface area contributed by atoms with E-state index < -0.39 is 0 Å². The summed E-state index contributed by atoms with van der Waals surface area (Å²) >= 11 is 6.77. The fourth-order valence-electron chi connectivity index (χ4n) is 9.87. The lowest BCUT2D eigenvalue weighted by atomic mass is 9.43. The molecule has 4 saturated carbocycles. The average molecular weight is 578 g/mol. The van der Waals surface area contributed by atoms with Crippen LogP contribution in [0.15, 0.2) is 115 Å². The number of rotatable bonds is 4. The molecule has 0 unspecified atom stereocenters. The molecule has 1 nitrogen and oxygen atoms in total. The summed E-state index contributed by atoms with van der Waals surface area (Å²) < 4.78 is 0. The molecule has 0 radical (unpaired) electrons. The van der Waals surface area contributed by atoms with E-state index in [1.807, 2.05) is 0 Å². The van der Waals surface area contributed by atoms with Gasteiger partial charge in [-0.15, -0.1) is 0 Å². The smallest absolute Gasteiger partial charge is 0.0465 e. The van der Waals surface area contributed by atoms with Gasteiger partial charge in [0.25, 0.3) is 0 Å². The van der Waals surface area contributed by atoms with E-state index in [9.17, 15) is 0 Å². The van der Waals surface area contributed by atoms with Crippen LogP contribution < -0.4 is 4.90 Å². The van der Waals surface area contributed by atoms with Crippen molar-refractivity contribution in [2.24, 2.45) is 23.7 Å². The number of hydrogen-bond acceptors (Lipinski definition) is 1. The Kier molecular flexibility index (Phi) is 5.73. The summed E-state index contributed by atoms with van der Waals surface area (Å²) in [7, 11) is 0. The minimum atomic E-state index is 0.0785. The molecule has 212 valence electrons. The van der Waals surface area contributed by atoms with Crippen molar-refractivity contribution in [3.63, 3.8) is 0 Å². The molecule has 1 spiro atoms. The third-order valence-electron chi connectivity index (χ3n) is 11.4. The number of hydrogen-bond donors (Lipinski definition) is 0. The highest BCUT2D eigenvalue weighted by Crippen LogP contribution is 2.69. The Bertz CT molecular complexity index is 1810. The van der Waals surface area contributed by atoms with Crippen LogP contribution in [0.2, 0.25) is 5.02 Å². The molecule has 2 heteroatoms. The van der Waals surface area contributed by atoms with Crippen LogP contribution in [0.25, 0.3) is 22.3 Å². The summed E-state index contributed by atoms with van der Waals surface area (Å²) in [4.78, 5) is 2.45. The molecule has 0 atom stereocenters. The normalized spacial score (nSPS) is 26.0. The Morgan fingerprint density at radius 1 is 0.558 bits per heavy atom. The fraction of sp³-hybridized carbons (Fsp3) is 0.268. The Morgan fingerprint density at radius 2 is 1.09 bits per heavy atom. The van der Waals surface area contributed by atoms with E-state index in [1.165, 1.54) is 82.5 Å². The zero-order valence-electron chi connectivity index (χ0n) is 24.6. The van der Waals surface area contributed by atoms with Crippen LogP contribution in [0.4, 0.5) is 17.1 Å². The SMILES string of the molecule is Cc1ccc(N(c2ccc(-c3ccccc3)cc2)c2ccc3c(c2)C2(c4cc(Cl)ccc4-3)C3CC4CC(C3)CC2C4)cc1. The fourth-order valence-corrected chi connectivity index (χ4v) is 10.0. The molecule has 0 amide bonds. The number of fused-ring (bicyclic) bond motifs is 3. The van der Waals surface area contributed by atoms with Gasteiger partial charge in [-0.2, -0.15) is 0 Å². The number of aryl methyl sites for hydroxylation is 1. The van der Waals surface area contributed by atoms with Gasteiger partial charge in [-0.3, -0.25) is 0 Å². The molecule has 5 aromatic carbocycles. The Labute approximate surface area is 260 Å². The zero-order valence-corrected chi connectivity index (χ0v) is 25.4.